The summed E-state index contributed by atoms with van der Waals surface area (Å²) >= 11 is 0. The number of rotatable bonds is 6. The van der Waals surface area contributed by atoms with E-state index >= 15 is 0 Å². The fourth-order valence-electron chi connectivity index (χ4n) is 2.41. The number of nitrogens with zero attached hydrogens (tertiary/aromatic N) is 2. The van der Waals surface area contributed by atoms with Crippen LogP contribution in [0.4, 0.5) is 5.69 Å². The third-order valence-electron chi connectivity index (χ3n) is 3.32. The molecule has 1 heterocycles. The molecule has 0 bridgehead atoms. The Labute approximate surface area is 141 Å². The molecule has 0 aliphatic rings. The molecule has 0 fully saturated rings. The first-order chi connectivity index (χ1) is 11.1. The van der Waals surface area contributed by atoms with Gasteiger partial charge < -0.3 is 5.11 Å². The highest BCUT2D eigenvalue weighted by Gasteiger charge is 2.21. The summed E-state index contributed by atoms with van der Waals surface area (Å²) in [5.41, 5.74) is 1.29. The van der Waals surface area contributed by atoms with Crippen LogP contribution in [-0.4, -0.2) is 29.3 Å². The van der Waals surface area contributed by atoms with Crippen LogP contribution in [0.1, 0.15) is 35.5 Å². The Balaban J connectivity index is 2.35. The van der Waals surface area contributed by atoms with E-state index in [2.05, 4.69) is 9.82 Å². The van der Waals surface area contributed by atoms with Crippen molar-refractivity contribution in [2.75, 3.05) is 4.72 Å². The van der Waals surface area contributed by atoms with Crippen LogP contribution in [0.3, 0.4) is 0 Å². The third-order valence-corrected chi connectivity index (χ3v) is 4.80. The smallest absolute Gasteiger partial charge is 0.335 e. The maximum atomic E-state index is 12.6. The van der Waals surface area contributed by atoms with Crippen molar-refractivity contribution in [3.05, 3.63) is 41.2 Å². The summed E-state index contributed by atoms with van der Waals surface area (Å²) in [5, 5.41) is 13.3. The lowest BCUT2D eigenvalue weighted by Crippen LogP contribution is -2.14. The first-order valence-corrected chi connectivity index (χ1v) is 8.98. The highest BCUT2D eigenvalue weighted by molar-refractivity contribution is 7.92. The molecule has 2 aromatic rings. The molecule has 24 heavy (non-hydrogen) atoms. The van der Waals surface area contributed by atoms with Crippen LogP contribution in [0.2, 0.25) is 0 Å². The van der Waals surface area contributed by atoms with Crippen molar-refractivity contribution in [3.8, 4) is 0 Å². The lowest BCUT2D eigenvalue weighted by Gasteiger charge is -2.09. The number of hydrogen-bond donors (Lipinski definition) is 2. The number of carboxylic acids is 1. The second-order valence-electron chi connectivity index (χ2n) is 6.19. The van der Waals surface area contributed by atoms with Crippen molar-refractivity contribution in [1.82, 2.24) is 9.78 Å². The molecule has 2 rings (SSSR count). The van der Waals surface area contributed by atoms with E-state index in [1.165, 1.54) is 18.3 Å². The van der Waals surface area contributed by atoms with Gasteiger partial charge in [-0.3, -0.25) is 9.40 Å². The van der Waals surface area contributed by atoms with Crippen LogP contribution in [0.15, 0.2) is 29.3 Å². The maximum Gasteiger partial charge on any atom is 0.335 e. The van der Waals surface area contributed by atoms with E-state index in [0.717, 1.165) is 0 Å². The van der Waals surface area contributed by atoms with E-state index < -0.39 is 16.0 Å². The SMILES string of the molecule is Cc1cc(NS(=O)(=O)c2cn(CC(C)C)nc2C)cc(C(=O)O)c1. The van der Waals surface area contributed by atoms with E-state index in [9.17, 15) is 13.2 Å². The fraction of sp³-hybridized carbons (Fsp3) is 0.375. The Morgan fingerprint density at radius 1 is 1.29 bits per heavy atom. The highest BCUT2D eigenvalue weighted by Crippen LogP contribution is 2.21. The molecule has 0 saturated heterocycles. The van der Waals surface area contributed by atoms with Gasteiger partial charge in [0.1, 0.15) is 4.90 Å². The Bertz CT molecular complexity index is 869. The number of aromatic carboxylic acids is 1. The molecule has 8 heteroatoms. The number of anilines is 1. The molecule has 7 nitrogen and oxygen atoms in total. The quantitative estimate of drug-likeness (QED) is 0.833. The summed E-state index contributed by atoms with van der Waals surface area (Å²) in [6.45, 7) is 7.98. The van der Waals surface area contributed by atoms with E-state index in [1.807, 2.05) is 13.8 Å². The van der Waals surface area contributed by atoms with Crippen molar-refractivity contribution in [2.24, 2.45) is 5.92 Å². The van der Waals surface area contributed by atoms with Crippen LogP contribution in [0.25, 0.3) is 0 Å². The topological polar surface area (TPSA) is 101 Å². The van der Waals surface area contributed by atoms with Gasteiger partial charge in [0.15, 0.2) is 0 Å². The number of aromatic nitrogens is 2. The molecule has 0 saturated carbocycles. The van der Waals surface area contributed by atoms with Crippen molar-refractivity contribution in [2.45, 2.75) is 39.1 Å². The van der Waals surface area contributed by atoms with Crippen LogP contribution < -0.4 is 4.72 Å². The molecule has 0 aliphatic carbocycles. The zero-order chi connectivity index (χ0) is 18.1. The molecule has 0 atom stereocenters. The average Bonchev–Trinajstić information content (AvgIpc) is 2.78. The van der Waals surface area contributed by atoms with Gasteiger partial charge in [0.2, 0.25) is 0 Å². The summed E-state index contributed by atoms with van der Waals surface area (Å²) in [4.78, 5) is 11.2. The summed E-state index contributed by atoms with van der Waals surface area (Å²) in [7, 11) is -3.84. The molecule has 0 aliphatic heterocycles. The molecule has 130 valence electrons. The van der Waals surface area contributed by atoms with Gasteiger partial charge in [0, 0.05) is 18.4 Å². The molecule has 0 radical (unpaired) electrons. The number of benzene rings is 1. The molecule has 1 aromatic heterocycles. The average molecular weight is 351 g/mol. The summed E-state index contributed by atoms with van der Waals surface area (Å²) < 4.78 is 29.2. The van der Waals surface area contributed by atoms with Gasteiger partial charge in [0.25, 0.3) is 10.0 Å². The highest BCUT2D eigenvalue weighted by atomic mass is 32.2. The van der Waals surface area contributed by atoms with Gasteiger partial charge >= 0.3 is 5.97 Å². The second-order valence-corrected chi connectivity index (χ2v) is 7.84. The molecule has 0 unspecified atom stereocenters. The minimum Gasteiger partial charge on any atom is -0.478 e. The molecule has 0 amide bonds. The minimum atomic E-state index is -3.84. The first kappa shape index (κ1) is 18.0. The van der Waals surface area contributed by atoms with Gasteiger partial charge in [-0.1, -0.05) is 13.8 Å². The number of sulfonamides is 1. The van der Waals surface area contributed by atoms with Gasteiger partial charge in [-0.05, 0) is 43.5 Å². The Kier molecular flexibility index (Phi) is 4.98. The largest absolute Gasteiger partial charge is 0.478 e. The predicted octanol–water partition coefficient (Wildman–Crippen LogP) is 2.65. The Morgan fingerprint density at radius 3 is 2.54 bits per heavy atom. The van der Waals surface area contributed by atoms with Crippen molar-refractivity contribution >= 4 is 21.7 Å². The van der Waals surface area contributed by atoms with Crippen molar-refractivity contribution in [1.29, 1.82) is 0 Å². The second kappa shape index (κ2) is 6.64. The Morgan fingerprint density at radius 2 is 1.96 bits per heavy atom. The van der Waals surface area contributed by atoms with E-state index in [4.69, 9.17) is 5.11 Å². The minimum absolute atomic E-state index is 0.0277. The normalized spacial score (nSPS) is 11.7. The third kappa shape index (κ3) is 4.14. The van der Waals surface area contributed by atoms with Crippen LogP contribution >= 0.6 is 0 Å². The monoisotopic (exact) mass is 351 g/mol. The van der Waals surface area contributed by atoms with Gasteiger partial charge in [-0.25, -0.2) is 13.2 Å². The number of hydrogen-bond acceptors (Lipinski definition) is 4. The summed E-state index contributed by atoms with van der Waals surface area (Å²) in [5.74, 6) is -0.775. The van der Waals surface area contributed by atoms with E-state index in [1.54, 1.807) is 24.6 Å². The molecular formula is C16H21N3O4S. The van der Waals surface area contributed by atoms with Crippen LogP contribution in [-0.2, 0) is 16.6 Å². The number of nitrogens with one attached hydrogen (secondary N) is 1. The molecular weight excluding hydrogens is 330 g/mol. The maximum absolute atomic E-state index is 12.6. The standard InChI is InChI=1S/C16H21N3O4S/c1-10(2)8-19-9-15(12(4)17-19)24(22,23)18-14-6-11(3)5-13(7-14)16(20)21/h5-7,9-10,18H,8H2,1-4H3,(H,20,21). The lowest BCUT2D eigenvalue weighted by atomic mass is 10.1. The molecule has 1 aromatic carbocycles. The zero-order valence-electron chi connectivity index (χ0n) is 14.1. The van der Waals surface area contributed by atoms with Gasteiger partial charge in [-0.2, -0.15) is 5.10 Å². The van der Waals surface area contributed by atoms with Crippen LogP contribution in [0, 0.1) is 19.8 Å². The fourth-order valence-corrected chi connectivity index (χ4v) is 3.63. The molecule has 0 spiro atoms. The molecule has 2 N–H and O–H groups in total. The van der Waals surface area contributed by atoms with Gasteiger partial charge in [-0.15, -0.1) is 0 Å². The number of aryl methyl sites for hydroxylation is 2. The lowest BCUT2D eigenvalue weighted by molar-refractivity contribution is 0.0697. The van der Waals surface area contributed by atoms with Crippen molar-refractivity contribution < 1.29 is 18.3 Å². The Hall–Kier alpha value is -2.35. The van der Waals surface area contributed by atoms with Crippen molar-refractivity contribution in [3.63, 3.8) is 0 Å². The zero-order valence-corrected chi connectivity index (χ0v) is 14.9. The predicted molar refractivity (Wildman–Crippen MR) is 90.7 cm³/mol. The number of carbonyl (C=O) groups is 1. The first-order valence-electron chi connectivity index (χ1n) is 7.50. The van der Waals surface area contributed by atoms with E-state index in [0.29, 0.717) is 23.7 Å². The summed E-state index contributed by atoms with van der Waals surface area (Å²) in [6.07, 6.45) is 1.49. The van der Waals surface area contributed by atoms with Gasteiger partial charge in [0.05, 0.1) is 11.3 Å². The number of carboxylic acid groups (broad SMARTS) is 1. The van der Waals surface area contributed by atoms with Crippen LogP contribution in [0.5, 0.6) is 0 Å². The summed E-state index contributed by atoms with van der Waals surface area (Å²) in [6, 6.07) is 4.35. The van der Waals surface area contributed by atoms with E-state index in [-0.39, 0.29) is 16.1 Å².